The number of rotatable bonds is 3. The van der Waals surface area contributed by atoms with E-state index in [0.29, 0.717) is 0 Å². The predicted octanol–water partition coefficient (Wildman–Crippen LogP) is 3.48. The van der Waals surface area contributed by atoms with Crippen molar-refractivity contribution in [2.75, 3.05) is 10.8 Å². The molecule has 1 aliphatic carbocycles. The van der Waals surface area contributed by atoms with Crippen molar-refractivity contribution in [2.24, 2.45) is 0 Å². The minimum atomic E-state index is -0.731. The van der Waals surface area contributed by atoms with Gasteiger partial charge in [-0.05, 0) is 25.0 Å². The molecule has 0 spiro atoms. The molecule has 0 saturated heterocycles. The molecule has 1 aliphatic rings. The molecule has 0 aliphatic heterocycles. The Morgan fingerprint density at radius 1 is 1.26 bits per heavy atom. The first-order valence-corrected chi connectivity index (χ1v) is 7.12. The molecule has 1 aromatic carbocycles. The number of anilines is 1. The monoisotopic (exact) mass is 276 g/mol. The predicted molar refractivity (Wildman–Crippen MR) is 76.1 cm³/mol. The van der Waals surface area contributed by atoms with E-state index in [2.05, 4.69) is 6.07 Å². The normalized spacial score (nSPS) is 17.5. The molecule has 0 N–H and O–H groups in total. The molecule has 0 unspecified atom stereocenters. The van der Waals surface area contributed by atoms with Gasteiger partial charge in [-0.2, -0.15) is 5.26 Å². The summed E-state index contributed by atoms with van der Waals surface area (Å²) in [5.74, 6) is -0.297. The average molecular weight is 277 g/mol. The number of halogens is 1. The first-order valence-electron chi connectivity index (χ1n) is 6.59. The number of carbonyl (C=O) groups is 1. The summed E-state index contributed by atoms with van der Waals surface area (Å²) in [6, 6.07) is 11.7. The van der Waals surface area contributed by atoms with Crippen LogP contribution in [-0.4, -0.2) is 17.3 Å². The molecule has 4 heteroatoms. The smallest absolute Gasteiger partial charge is 0.243 e. The second-order valence-electron chi connectivity index (χ2n) is 4.90. The van der Waals surface area contributed by atoms with Gasteiger partial charge in [0.05, 0.1) is 6.07 Å². The fourth-order valence-electron chi connectivity index (χ4n) is 2.79. The van der Waals surface area contributed by atoms with Gasteiger partial charge in [-0.15, -0.1) is 11.6 Å². The molecule has 100 valence electrons. The number of hydrogen-bond donors (Lipinski definition) is 0. The Balaban J connectivity index is 2.43. The van der Waals surface area contributed by atoms with Crippen molar-refractivity contribution in [1.82, 2.24) is 0 Å². The van der Waals surface area contributed by atoms with Crippen LogP contribution in [0.2, 0.25) is 0 Å². The lowest BCUT2D eigenvalue weighted by molar-refractivity contribution is -0.117. The summed E-state index contributed by atoms with van der Waals surface area (Å²) in [5.41, 5.74) is 0.0302. The van der Waals surface area contributed by atoms with Gasteiger partial charge in [-0.25, -0.2) is 0 Å². The average Bonchev–Trinajstić information content (AvgIpc) is 2.49. The van der Waals surface area contributed by atoms with Crippen LogP contribution in [0.1, 0.15) is 32.1 Å². The summed E-state index contributed by atoms with van der Waals surface area (Å²) in [4.78, 5) is 13.8. The van der Waals surface area contributed by atoms with E-state index in [4.69, 9.17) is 11.6 Å². The summed E-state index contributed by atoms with van der Waals surface area (Å²) in [5, 5.41) is 9.63. The quantitative estimate of drug-likeness (QED) is 0.793. The van der Waals surface area contributed by atoms with Gasteiger partial charge >= 0.3 is 0 Å². The Morgan fingerprint density at radius 3 is 2.42 bits per heavy atom. The third-order valence-corrected chi connectivity index (χ3v) is 3.92. The zero-order chi connectivity index (χ0) is 13.7. The van der Waals surface area contributed by atoms with Crippen molar-refractivity contribution in [3.05, 3.63) is 30.3 Å². The second-order valence-corrected chi connectivity index (χ2v) is 5.17. The second kappa shape index (κ2) is 6.08. The first-order chi connectivity index (χ1) is 9.23. The van der Waals surface area contributed by atoms with Crippen molar-refractivity contribution in [2.45, 2.75) is 37.6 Å². The molecule has 3 nitrogen and oxygen atoms in total. The van der Waals surface area contributed by atoms with Gasteiger partial charge in [0.2, 0.25) is 5.91 Å². The molecule has 0 atom stereocenters. The highest BCUT2D eigenvalue weighted by molar-refractivity contribution is 6.29. The first kappa shape index (κ1) is 13.9. The van der Waals surface area contributed by atoms with Gasteiger partial charge in [0.25, 0.3) is 0 Å². The van der Waals surface area contributed by atoms with Gasteiger partial charge in [0.1, 0.15) is 11.4 Å². The highest BCUT2D eigenvalue weighted by Gasteiger charge is 2.41. The summed E-state index contributed by atoms with van der Waals surface area (Å²) < 4.78 is 0. The maximum Gasteiger partial charge on any atom is 0.243 e. The van der Waals surface area contributed by atoms with Crippen LogP contribution in [0.15, 0.2) is 30.3 Å². The van der Waals surface area contributed by atoms with Gasteiger partial charge in [0, 0.05) is 5.69 Å². The van der Waals surface area contributed by atoms with E-state index in [-0.39, 0.29) is 11.8 Å². The number of carbonyl (C=O) groups excluding carboxylic acids is 1. The Kier molecular flexibility index (Phi) is 4.44. The van der Waals surface area contributed by atoms with Gasteiger partial charge in [0.15, 0.2) is 0 Å². The number of nitrogens with zero attached hydrogens (tertiary/aromatic N) is 2. The standard InChI is InChI=1S/C15H17ClN2O/c16-11-14(19)18(13-7-3-1-4-8-13)15(12-17)9-5-2-6-10-15/h1,3-4,7-8H,2,5-6,9-11H2. The van der Waals surface area contributed by atoms with Crippen LogP contribution >= 0.6 is 11.6 Å². The molecule has 1 aromatic rings. The van der Waals surface area contributed by atoms with E-state index < -0.39 is 5.54 Å². The highest BCUT2D eigenvalue weighted by atomic mass is 35.5. The molecule has 1 fully saturated rings. The molecule has 0 heterocycles. The molecule has 1 amide bonds. The van der Waals surface area contributed by atoms with Gasteiger partial charge < -0.3 is 0 Å². The zero-order valence-electron chi connectivity index (χ0n) is 10.8. The van der Waals surface area contributed by atoms with E-state index in [1.165, 1.54) is 0 Å². The van der Waals surface area contributed by atoms with E-state index in [1.807, 2.05) is 30.3 Å². The fourth-order valence-corrected chi connectivity index (χ4v) is 2.91. The van der Waals surface area contributed by atoms with Gasteiger partial charge in [-0.3, -0.25) is 9.69 Å². The summed E-state index contributed by atoms with van der Waals surface area (Å²) >= 11 is 5.73. The number of nitriles is 1. The fraction of sp³-hybridized carbons (Fsp3) is 0.467. The van der Waals surface area contributed by atoms with E-state index in [0.717, 1.165) is 37.8 Å². The lowest BCUT2D eigenvalue weighted by atomic mass is 9.81. The van der Waals surface area contributed by atoms with Crippen LogP contribution < -0.4 is 4.90 Å². The maximum absolute atomic E-state index is 12.2. The highest BCUT2D eigenvalue weighted by Crippen LogP contribution is 2.36. The van der Waals surface area contributed by atoms with Crippen LogP contribution in [0.5, 0.6) is 0 Å². The minimum absolute atomic E-state index is 0.0989. The summed E-state index contributed by atoms with van der Waals surface area (Å²) in [6.07, 6.45) is 4.53. The zero-order valence-corrected chi connectivity index (χ0v) is 11.6. The van der Waals surface area contributed by atoms with Crippen molar-refractivity contribution in [3.63, 3.8) is 0 Å². The molecular weight excluding hydrogens is 260 g/mol. The molecule has 0 bridgehead atoms. The summed E-state index contributed by atoms with van der Waals surface area (Å²) in [6.45, 7) is 0. The molecule has 19 heavy (non-hydrogen) atoms. The lowest BCUT2D eigenvalue weighted by Gasteiger charge is -2.41. The number of hydrogen-bond acceptors (Lipinski definition) is 2. The van der Waals surface area contributed by atoms with Crippen molar-refractivity contribution in [1.29, 1.82) is 5.26 Å². The molecule has 0 aromatic heterocycles. The molecule has 2 rings (SSSR count). The minimum Gasteiger partial charge on any atom is -0.292 e. The SMILES string of the molecule is N#CC1(N(C(=O)CCl)c2ccccc2)CCCCC1. The Labute approximate surface area is 118 Å². The van der Waals surface area contributed by atoms with Crippen molar-refractivity contribution >= 4 is 23.2 Å². The van der Waals surface area contributed by atoms with E-state index >= 15 is 0 Å². The van der Waals surface area contributed by atoms with Crippen LogP contribution in [0.25, 0.3) is 0 Å². The number of para-hydroxylation sites is 1. The van der Waals surface area contributed by atoms with Gasteiger partial charge in [-0.1, -0.05) is 37.5 Å². The van der Waals surface area contributed by atoms with E-state index in [9.17, 15) is 10.1 Å². The van der Waals surface area contributed by atoms with Crippen LogP contribution in [0.4, 0.5) is 5.69 Å². The summed E-state index contributed by atoms with van der Waals surface area (Å²) in [7, 11) is 0. The lowest BCUT2D eigenvalue weighted by Crippen LogP contribution is -2.53. The third kappa shape index (κ3) is 2.74. The number of amides is 1. The Bertz CT molecular complexity index is 475. The number of alkyl halides is 1. The molecule has 1 saturated carbocycles. The molecular formula is C15H17ClN2O. The Morgan fingerprint density at radius 2 is 1.89 bits per heavy atom. The third-order valence-electron chi connectivity index (χ3n) is 3.69. The maximum atomic E-state index is 12.2. The largest absolute Gasteiger partial charge is 0.292 e. The van der Waals surface area contributed by atoms with E-state index in [1.54, 1.807) is 4.90 Å². The van der Waals surface area contributed by atoms with Crippen molar-refractivity contribution in [3.8, 4) is 6.07 Å². The van der Waals surface area contributed by atoms with Crippen molar-refractivity contribution < 1.29 is 4.79 Å². The van der Waals surface area contributed by atoms with Crippen LogP contribution in [0, 0.1) is 11.3 Å². The van der Waals surface area contributed by atoms with Crippen LogP contribution in [0.3, 0.4) is 0 Å². The Hall–Kier alpha value is -1.53. The topological polar surface area (TPSA) is 44.1 Å². The molecule has 0 radical (unpaired) electrons. The van der Waals surface area contributed by atoms with Crippen LogP contribution in [-0.2, 0) is 4.79 Å². The number of benzene rings is 1.